The largest absolute Gasteiger partial charge is 0.368 e. The first kappa shape index (κ1) is 7.98. The van der Waals surface area contributed by atoms with Crippen molar-refractivity contribution in [1.29, 1.82) is 0 Å². The zero-order valence-corrected chi connectivity index (χ0v) is 8.26. The Morgan fingerprint density at radius 2 is 1.92 bits per heavy atom. The van der Waals surface area contributed by atoms with Crippen LogP contribution in [0.5, 0.6) is 0 Å². The molecule has 2 rings (SSSR count). The minimum Gasteiger partial charge on any atom is -0.368 e. The van der Waals surface area contributed by atoms with E-state index in [1.54, 1.807) is 0 Å². The van der Waals surface area contributed by atoms with E-state index in [4.69, 9.17) is 5.73 Å². The Morgan fingerprint density at radius 1 is 1.17 bits per heavy atom. The van der Waals surface area contributed by atoms with E-state index in [9.17, 15) is 0 Å². The SMILES string of the molecule is Nc1nc(Br)c2c(n1)CCCC2. The van der Waals surface area contributed by atoms with Crippen LogP contribution in [0.2, 0.25) is 0 Å². The molecule has 0 aromatic carbocycles. The number of anilines is 1. The number of halogens is 1. The predicted octanol–water partition coefficient (Wildman–Crippen LogP) is 1.70. The van der Waals surface area contributed by atoms with Gasteiger partial charge in [0, 0.05) is 5.56 Å². The molecule has 1 aromatic heterocycles. The van der Waals surface area contributed by atoms with Crippen molar-refractivity contribution < 1.29 is 0 Å². The zero-order valence-electron chi connectivity index (χ0n) is 6.68. The fraction of sp³-hybridized carbons (Fsp3) is 0.500. The van der Waals surface area contributed by atoms with E-state index in [0.717, 1.165) is 23.1 Å². The Balaban J connectivity index is 2.53. The zero-order chi connectivity index (χ0) is 8.55. The van der Waals surface area contributed by atoms with Crippen molar-refractivity contribution in [1.82, 2.24) is 9.97 Å². The van der Waals surface area contributed by atoms with Gasteiger partial charge in [0.05, 0.1) is 5.69 Å². The molecule has 1 heterocycles. The molecule has 0 aliphatic heterocycles. The molecule has 0 amide bonds. The van der Waals surface area contributed by atoms with E-state index in [1.807, 2.05) is 0 Å². The minimum absolute atomic E-state index is 0.377. The minimum atomic E-state index is 0.377. The summed E-state index contributed by atoms with van der Waals surface area (Å²) >= 11 is 3.40. The molecule has 2 N–H and O–H groups in total. The normalized spacial score (nSPS) is 15.8. The van der Waals surface area contributed by atoms with E-state index in [0.29, 0.717) is 5.95 Å². The number of aromatic nitrogens is 2. The number of aryl methyl sites for hydroxylation is 1. The molecule has 0 unspecified atom stereocenters. The Labute approximate surface area is 79.5 Å². The summed E-state index contributed by atoms with van der Waals surface area (Å²) < 4.78 is 0.879. The lowest BCUT2D eigenvalue weighted by atomic mass is 9.98. The summed E-state index contributed by atoms with van der Waals surface area (Å²) in [6.45, 7) is 0. The summed E-state index contributed by atoms with van der Waals surface area (Å²) in [7, 11) is 0. The van der Waals surface area contributed by atoms with E-state index >= 15 is 0 Å². The van der Waals surface area contributed by atoms with Crippen LogP contribution < -0.4 is 5.73 Å². The number of fused-ring (bicyclic) bond motifs is 1. The van der Waals surface area contributed by atoms with Crippen LogP contribution in [-0.2, 0) is 12.8 Å². The van der Waals surface area contributed by atoms with Crippen molar-refractivity contribution in [2.24, 2.45) is 0 Å². The van der Waals surface area contributed by atoms with Crippen molar-refractivity contribution in [3.05, 3.63) is 15.9 Å². The average molecular weight is 228 g/mol. The maximum absolute atomic E-state index is 5.53. The molecule has 0 saturated heterocycles. The Hall–Kier alpha value is -0.640. The lowest BCUT2D eigenvalue weighted by Gasteiger charge is -2.15. The van der Waals surface area contributed by atoms with Crippen molar-refractivity contribution in [2.75, 3.05) is 5.73 Å². The molecule has 0 bridgehead atoms. The number of rotatable bonds is 0. The maximum atomic E-state index is 5.53. The third kappa shape index (κ3) is 1.31. The third-order valence-electron chi connectivity index (χ3n) is 2.15. The lowest BCUT2D eigenvalue weighted by Crippen LogP contribution is -2.09. The number of nitrogens with zero attached hydrogens (tertiary/aromatic N) is 2. The first-order chi connectivity index (χ1) is 5.77. The number of nitrogen functional groups attached to an aromatic ring is 1. The van der Waals surface area contributed by atoms with Crippen LogP contribution in [0, 0.1) is 0 Å². The molecule has 0 spiro atoms. The topological polar surface area (TPSA) is 51.8 Å². The Kier molecular flexibility index (Phi) is 2.00. The summed E-state index contributed by atoms with van der Waals surface area (Å²) in [4.78, 5) is 8.28. The fourth-order valence-electron chi connectivity index (χ4n) is 1.57. The molecule has 0 saturated carbocycles. The van der Waals surface area contributed by atoms with Crippen LogP contribution in [0.25, 0.3) is 0 Å². The summed E-state index contributed by atoms with van der Waals surface area (Å²) in [6, 6.07) is 0. The van der Waals surface area contributed by atoms with Gasteiger partial charge in [-0.05, 0) is 41.6 Å². The molecule has 1 aromatic rings. The number of hydrogen-bond donors (Lipinski definition) is 1. The Morgan fingerprint density at radius 3 is 2.75 bits per heavy atom. The molecule has 64 valence electrons. The van der Waals surface area contributed by atoms with Gasteiger partial charge in [-0.2, -0.15) is 0 Å². The van der Waals surface area contributed by atoms with Gasteiger partial charge >= 0.3 is 0 Å². The van der Waals surface area contributed by atoms with Gasteiger partial charge in [0.15, 0.2) is 0 Å². The average Bonchev–Trinajstić information content (AvgIpc) is 2.04. The van der Waals surface area contributed by atoms with Crippen LogP contribution in [-0.4, -0.2) is 9.97 Å². The highest BCUT2D eigenvalue weighted by Crippen LogP contribution is 2.25. The van der Waals surface area contributed by atoms with E-state index in [1.165, 1.54) is 18.4 Å². The van der Waals surface area contributed by atoms with Gasteiger partial charge in [0.1, 0.15) is 4.60 Å². The fourth-order valence-corrected chi connectivity index (χ4v) is 2.18. The molecule has 0 radical (unpaired) electrons. The molecule has 1 aliphatic rings. The maximum Gasteiger partial charge on any atom is 0.221 e. The van der Waals surface area contributed by atoms with E-state index < -0.39 is 0 Å². The molecular formula is C8H10BrN3. The molecule has 0 fully saturated rings. The van der Waals surface area contributed by atoms with Crippen LogP contribution in [0.3, 0.4) is 0 Å². The number of hydrogen-bond acceptors (Lipinski definition) is 3. The van der Waals surface area contributed by atoms with Crippen molar-refractivity contribution in [3.8, 4) is 0 Å². The van der Waals surface area contributed by atoms with Crippen LogP contribution in [0.1, 0.15) is 24.1 Å². The smallest absolute Gasteiger partial charge is 0.221 e. The summed E-state index contributed by atoms with van der Waals surface area (Å²) in [5, 5.41) is 0. The van der Waals surface area contributed by atoms with Gasteiger partial charge in [-0.25, -0.2) is 9.97 Å². The quantitative estimate of drug-likeness (QED) is 0.687. The molecule has 1 aliphatic carbocycles. The van der Waals surface area contributed by atoms with Gasteiger partial charge in [-0.15, -0.1) is 0 Å². The van der Waals surface area contributed by atoms with Gasteiger partial charge < -0.3 is 5.73 Å². The molecule has 4 heteroatoms. The summed E-state index contributed by atoms with van der Waals surface area (Å²) in [6.07, 6.45) is 4.58. The van der Waals surface area contributed by atoms with Gasteiger partial charge in [-0.3, -0.25) is 0 Å². The van der Waals surface area contributed by atoms with Gasteiger partial charge in [0.2, 0.25) is 5.95 Å². The second kappa shape index (κ2) is 3.01. The van der Waals surface area contributed by atoms with Crippen LogP contribution >= 0.6 is 15.9 Å². The number of nitrogens with two attached hydrogens (primary N) is 1. The first-order valence-electron chi connectivity index (χ1n) is 4.08. The van der Waals surface area contributed by atoms with E-state index in [-0.39, 0.29) is 0 Å². The van der Waals surface area contributed by atoms with Crippen LogP contribution in [0.15, 0.2) is 4.60 Å². The highest BCUT2D eigenvalue weighted by atomic mass is 79.9. The summed E-state index contributed by atoms with van der Waals surface area (Å²) in [5.41, 5.74) is 7.90. The molecule has 12 heavy (non-hydrogen) atoms. The van der Waals surface area contributed by atoms with Gasteiger partial charge in [0.25, 0.3) is 0 Å². The van der Waals surface area contributed by atoms with Crippen molar-refractivity contribution in [3.63, 3.8) is 0 Å². The monoisotopic (exact) mass is 227 g/mol. The molecule has 3 nitrogen and oxygen atoms in total. The lowest BCUT2D eigenvalue weighted by molar-refractivity contribution is 0.660. The van der Waals surface area contributed by atoms with E-state index in [2.05, 4.69) is 25.9 Å². The van der Waals surface area contributed by atoms with Gasteiger partial charge in [-0.1, -0.05) is 0 Å². The molecule has 0 atom stereocenters. The van der Waals surface area contributed by atoms with Crippen LogP contribution in [0.4, 0.5) is 5.95 Å². The third-order valence-corrected chi connectivity index (χ3v) is 2.81. The van der Waals surface area contributed by atoms with Crippen molar-refractivity contribution >= 4 is 21.9 Å². The second-order valence-corrected chi connectivity index (χ2v) is 3.76. The second-order valence-electron chi connectivity index (χ2n) is 3.00. The highest BCUT2D eigenvalue weighted by molar-refractivity contribution is 9.10. The Bertz CT molecular complexity index is 311. The highest BCUT2D eigenvalue weighted by Gasteiger charge is 2.14. The summed E-state index contributed by atoms with van der Waals surface area (Å²) in [5.74, 6) is 0.377. The molecular weight excluding hydrogens is 218 g/mol. The van der Waals surface area contributed by atoms with Crippen molar-refractivity contribution in [2.45, 2.75) is 25.7 Å². The first-order valence-corrected chi connectivity index (χ1v) is 4.87. The predicted molar refractivity (Wildman–Crippen MR) is 50.8 cm³/mol. The standard InChI is InChI=1S/C8H10BrN3/c9-7-5-3-1-2-4-6(5)11-8(10)12-7/h1-4H2,(H2,10,11,12).